The molecule has 0 aromatic rings. The van der Waals surface area contributed by atoms with Gasteiger partial charge >= 0.3 is 6.03 Å². The first-order chi connectivity index (χ1) is 8.59. The first-order valence-electron chi connectivity index (χ1n) is 7.04. The van der Waals surface area contributed by atoms with Gasteiger partial charge in [-0.2, -0.15) is 0 Å². The van der Waals surface area contributed by atoms with E-state index in [1.807, 2.05) is 16.8 Å². The second-order valence-corrected chi connectivity index (χ2v) is 5.74. The van der Waals surface area contributed by atoms with E-state index in [0.717, 1.165) is 45.8 Å². The topological polar surface area (TPSA) is 38.8 Å². The average molecular weight is 254 g/mol. The highest BCUT2D eigenvalue weighted by Gasteiger charge is 2.35. The molecule has 2 rings (SSSR count). The van der Waals surface area contributed by atoms with Crippen LogP contribution in [0.3, 0.4) is 0 Å². The first kappa shape index (κ1) is 13.6. The second kappa shape index (κ2) is 5.89. The highest BCUT2D eigenvalue weighted by molar-refractivity contribution is 5.76. The smallest absolute Gasteiger partial charge is 0.320 e. The zero-order valence-corrected chi connectivity index (χ0v) is 11.9. The Hall–Kier alpha value is -0.810. The summed E-state index contributed by atoms with van der Waals surface area (Å²) < 4.78 is 0. The molecule has 2 amide bonds. The van der Waals surface area contributed by atoms with Crippen LogP contribution < -0.4 is 5.32 Å². The van der Waals surface area contributed by atoms with Gasteiger partial charge in [0.1, 0.15) is 0 Å². The van der Waals surface area contributed by atoms with E-state index in [2.05, 4.69) is 24.1 Å². The fraction of sp³-hybridized carbons (Fsp3) is 0.923. The fourth-order valence-corrected chi connectivity index (χ4v) is 2.83. The molecule has 2 aliphatic heterocycles. The lowest BCUT2D eigenvalue weighted by Crippen LogP contribution is -2.46. The maximum Gasteiger partial charge on any atom is 0.320 e. The van der Waals surface area contributed by atoms with Crippen molar-refractivity contribution in [3.05, 3.63) is 0 Å². The summed E-state index contributed by atoms with van der Waals surface area (Å²) in [5.74, 6) is 0.531. The van der Waals surface area contributed by atoms with Gasteiger partial charge < -0.3 is 15.1 Å². The molecule has 2 saturated heterocycles. The lowest BCUT2D eigenvalue weighted by molar-refractivity contribution is 0.180. The number of amides is 2. The second-order valence-electron chi connectivity index (χ2n) is 5.74. The van der Waals surface area contributed by atoms with E-state index in [9.17, 15) is 4.79 Å². The van der Waals surface area contributed by atoms with Crippen molar-refractivity contribution in [2.24, 2.45) is 5.92 Å². The summed E-state index contributed by atoms with van der Waals surface area (Å²) in [6.45, 7) is 11.5. The summed E-state index contributed by atoms with van der Waals surface area (Å²) >= 11 is 0. The predicted molar refractivity (Wildman–Crippen MR) is 72.7 cm³/mol. The summed E-state index contributed by atoms with van der Waals surface area (Å²) in [6.07, 6.45) is 0. The number of nitrogens with one attached hydrogen (secondary N) is 1. The summed E-state index contributed by atoms with van der Waals surface area (Å²) in [4.78, 5) is 18.5. The molecule has 0 aliphatic carbocycles. The monoisotopic (exact) mass is 254 g/mol. The van der Waals surface area contributed by atoms with Crippen LogP contribution in [0.4, 0.5) is 4.79 Å². The standard InChI is InChI=1S/C13H26N4O/c1-11(2)12-10-17(13(18)15(12)3)9-8-16-6-4-14-5-7-16/h11-12,14H,4-10H2,1-3H3. The number of carbonyl (C=O) groups excluding carboxylic acids is 1. The maximum absolute atomic E-state index is 12.1. The molecule has 0 spiro atoms. The maximum atomic E-state index is 12.1. The molecule has 104 valence electrons. The lowest BCUT2D eigenvalue weighted by atomic mass is 10.0. The summed E-state index contributed by atoms with van der Waals surface area (Å²) in [5.41, 5.74) is 0. The highest BCUT2D eigenvalue weighted by atomic mass is 16.2. The van der Waals surface area contributed by atoms with Crippen molar-refractivity contribution in [2.45, 2.75) is 19.9 Å². The number of piperazine rings is 1. The van der Waals surface area contributed by atoms with Crippen LogP contribution in [0.5, 0.6) is 0 Å². The van der Waals surface area contributed by atoms with E-state index >= 15 is 0 Å². The Morgan fingerprint density at radius 3 is 2.50 bits per heavy atom. The fourth-order valence-electron chi connectivity index (χ4n) is 2.83. The van der Waals surface area contributed by atoms with Crippen LogP contribution in [0.15, 0.2) is 0 Å². The minimum absolute atomic E-state index is 0.198. The van der Waals surface area contributed by atoms with Gasteiger partial charge in [-0.15, -0.1) is 0 Å². The largest absolute Gasteiger partial charge is 0.323 e. The molecule has 5 nitrogen and oxygen atoms in total. The van der Waals surface area contributed by atoms with Crippen LogP contribution in [0.2, 0.25) is 0 Å². The van der Waals surface area contributed by atoms with Gasteiger partial charge in [-0.3, -0.25) is 4.90 Å². The molecule has 0 radical (unpaired) electrons. The van der Waals surface area contributed by atoms with Crippen LogP contribution in [0, 0.1) is 5.92 Å². The van der Waals surface area contributed by atoms with Gasteiger partial charge in [0.2, 0.25) is 0 Å². The Morgan fingerprint density at radius 2 is 1.94 bits per heavy atom. The number of nitrogens with zero attached hydrogens (tertiary/aromatic N) is 3. The van der Waals surface area contributed by atoms with Crippen LogP contribution in [0.1, 0.15) is 13.8 Å². The van der Waals surface area contributed by atoms with Crippen molar-refractivity contribution in [1.29, 1.82) is 0 Å². The van der Waals surface area contributed by atoms with Crippen LogP contribution in [-0.2, 0) is 0 Å². The zero-order valence-electron chi connectivity index (χ0n) is 11.9. The minimum atomic E-state index is 0.198. The lowest BCUT2D eigenvalue weighted by Gasteiger charge is -2.28. The van der Waals surface area contributed by atoms with Crippen molar-refractivity contribution in [2.75, 3.05) is 52.9 Å². The van der Waals surface area contributed by atoms with Crippen LogP contribution in [0.25, 0.3) is 0 Å². The molecule has 5 heteroatoms. The van der Waals surface area contributed by atoms with E-state index in [1.54, 1.807) is 0 Å². The Morgan fingerprint density at radius 1 is 1.28 bits per heavy atom. The predicted octanol–water partition coefficient (Wildman–Crippen LogP) is 0.284. The van der Waals surface area contributed by atoms with Gasteiger partial charge in [0, 0.05) is 52.9 Å². The normalized spacial score (nSPS) is 26.4. The van der Waals surface area contributed by atoms with Crippen LogP contribution in [-0.4, -0.2) is 79.6 Å². The molecule has 0 aromatic carbocycles. The highest BCUT2D eigenvalue weighted by Crippen LogP contribution is 2.19. The van der Waals surface area contributed by atoms with Crippen molar-refractivity contribution >= 4 is 6.03 Å². The molecular formula is C13H26N4O. The molecule has 2 fully saturated rings. The quantitative estimate of drug-likeness (QED) is 0.783. The molecule has 0 bridgehead atoms. The van der Waals surface area contributed by atoms with E-state index in [4.69, 9.17) is 0 Å². The number of carbonyl (C=O) groups is 1. The van der Waals surface area contributed by atoms with E-state index in [-0.39, 0.29) is 6.03 Å². The third kappa shape index (κ3) is 2.95. The number of likely N-dealkylation sites (N-methyl/N-ethyl adjacent to an activating group) is 1. The third-order valence-corrected chi connectivity index (χ3v) is 4.14. The number of rotatable bonds is 4. The number of hydrogen-bond acceptors (Lipinski definition) is 3. The summed E-state index contributed by atoms with van der Waals surface area (Å²) in [7, 11) is 1.93. The van der Waals surface area contributed by atoms with Gasteiger partial charge in [-0.25, -0.2) is 4.79 Å². The molecule has 2 aliphatic rings. The SMILES string of the molecule is CC(C)C1CN(CCN2CCNCC2)C(=O)N1C. The molecule has 1 unspecified atom stereocenters. The Bertz CT molecular complexity index is 289. The summed E-state index contributed by atoms with van der Waals surface area (Å²) in [5, 5.41) is 3.35. The van der Waals surface area contributed by atoms with Gasteiger partial charge in [-0.05, 0) is 5.92 Å². The van der Waals surface area contributed by atoms with E-state index in [1.165, 1.54) is 0 Å². The molecule has 0 saturated carbocycles. The van der Waals surface area contributed by atoms with E-state index in [0.29, 0.717) is 12.0 Å². The first-order valence-corrected chi connectivity index (χ1v) is 7.04. The Labute approximate surface area is 110 Å². The summed E-state index contributed by atoms with van der Waals surface area (Å²) in [6, 6.07) is 0.573. The van der Waals surface area contributed by atoms with Crippen molar-refractivity contribution < 1.29 is 4.79 Å². The molecule has 1 N–H and O–H groups in total. The molecule has 2 heterocycles. The average Bonchev–Trinajstić information content (AvgIpc) is 2.65. The van der Waals surface area contributed by atoms with Crippen LogP contribution >= 0.6 is 0 Å². The van der Waals surface area contributed by atoms with Gasteiger partial charge in [0.15, 0.2) is 0 Å². The van der Waals surface area contributed by atoms with Crippen molar-refractivity contribution in [3.8, 4) is 0 Å². The Balaban J connectivity index is 1.81. The Kier molecular flexibility index (Phi) is 4.45. The molecular weight excluding hydrogens is 228 g/mol. The minimum Gasteiger partial charge on any atom is -0.323 e. The number of hydrogen-bond donors (Lipinski definition) is 1. The van der Waals surface area contributed by atoms with Gasteiger partial charge in [0.05, 0.1) is 6.04 Å². The molecule has 0 aromatic heterocycles. The van der Waals surface area contributed by atoms with Gasteiger partial charge in [-0.1, -0.05) is 13.8 Å². The van der Waals surface area contributed by atoms with E-state index < -0.39 is 0 Å². The third-order valence-electron chi connectivity index (χ3n) is 4.14. The van der Waals surface area contributed by atoms with Crippen molar-refractivity contribution in [1.82, 2.24) is 20.0 Å². The van der Waals surface area contributed by atoms with Gasteiger partial charge in [0.25, 0.3) is 0 Å². The molecule has 18 heavy (non-hydrogen) atoms. The number of urea groups is 1. The van der Waals surface area contributed by atoms with Crippen molar-refractivity contribution in [3.63, 3.8) is 0 Å². The molecule has 1 atom stereocenters. The zero-order chi connectivity index (χ0) is 13.1.